The number of thiophene rings is 1. The first-order valence-corrected chi connectivity index (χ1v) is 10.6. The molecule has 7 heteroatoms. The fourth-order valence-electron chi connectivity index (χ4n) is 3.41. The molecule has 1 aliphatic carbocycles. The van der Waals surface area contributed by atoms with Crippen LogP contribution in [0.3, 0.4) is 0 Å². The third-order valence-corrected chi connectivity index (χ3v) is 6.33. The second kappa shape index (κ2) is 8.69. The molecule has 0 aliphatic heterocycles. The van der Waals surface area contributed by atoms with Gasteiger partial charge in [-0.3, -0.25) is 4.79 Å². The number of thiocarbonyl (C=S) groups is 1. The van der Waals surface area contributed by atoms with Crippen molar-refractivity contribution in [3.05, 3.63) is 16.0 Å². The van der Waals surface area contributed by atoms with Gasteiger partial charge in [0.2, 0.25) is 5.91 Å². The third-order valence-electron chi connectivity index (χ3n) is 4.95. The van der Waals surface area contributed by atoms with E-state index in [1.165, 1.54) is 12.0 Å². The van der Waals surface area contributed by atoms with Gasteiger partial charge in [0.05, 0.1) is 12.7 Å². The van der Waals surface area contributed by atoms with Gasteiger partial charge in [-0.1, -0.05) is 34.6 Å². The number of esters is 1. The fourth-order valence-corrected chi connectivity index (χ4v) is 5.01. The summed E-state index contributed by atoms with van der Waals surface area (Å²) in [6, 6.07) is 0. The van der Waals surface area contributed by atoms with Crippen molar-refractivity contribution in [3.63, 3.8) is 0 Å². The van der Waals surface area contributed by atoms with Crippen LogP contribution in [-0.2, 0) is 22.4 Å². The van der Waals surface area contributed by atoms with Crippen LogP contribution in [-0.4, -0.2) is 24.1 Å². The minimum absolute atomic E-state index is 0.128. The van der Waals surface area contributed by atoms with E-state index in [1.54, 1.807) is 11.3 Å². The van der Waals surface area contributed by atoms with Gasteiger partial charge in [0, 0.05) is 11.3 Å². The van der Waals surface area contributed by atoms with E-state index in [0.29, 0.717) is 22.9 Å². The van der Waals surface area contributed by atoms with Crippen LogP contribution < -0.4 is 10.6 Å². The predicted octanol–water partition coefficient (Wildman–Crippen LogP) is 4.54. The Morgan fingerprint density at radius 2 is 2.00 bits per heavy atom. The van der Waals surface area contributed by atoms with E-state index in [9.17, 15) is 9.59 Å². The first-order valence-electron chi connectivity index (χ1n) is 9.36. The van der Waals surface area contributed by atoms with Crippen LogP contribution in [0.4, 0.5) is 5.00 Å². The number of ether oxygens (including phenoxy) is 1. The summed E-state index contributed by atoms with van der Waals surface area (Å²) in [6.45, 7) is 10.7. The van der Waals surface area contributed by atoms with Crippen LogP contribution in [0.15, 0.2) is 0 Å². The molecule has 0 saturated heterocycles. The SMILES string of the molecule is COC(=O)c1c(NC(=S)NC(=O)CC(C)C)sc2c1CCC(C(C)(C)C)C2. The van der Waals surface area contributed by atoms with Gasteiger partial charge in [0.1, 0.15) is 5.00 Å². The average Bonchev–Trinajstić information content (AvgIpc) is 2.88. The zero-order chi connectivity index (χ0) is 20.4. The molecule has 0 radical (unpaired) electrons. The maximum atomic E-state index is 12.4. The molecule has 1 heterocycles. The highest BCUT2D eigenvalue weighted by atomic mass is 32.1. The number of fused-ring (bicyclic) bond motifs is 1. The van der Waals surface area contributed by atoms with E-state index in [-0.39, 0.29) is 28.3 Å². The molecule has 1 unspecified atom stereocenters. The summed E-state index contributed by atoms with van der Waals surface area (Å²) in [7, 11) is 1.39. The van der Waals surface area contributed by atoms with Gasteiger partial charge in [-0.25, -0.2) is 4.79 Å². The van der Waals surface area contributed by atoms with Crippen LogP contribution in [0.25, 0.3) is 0 Å². The van der Waals surface area contributed by atoms with Crippen molar-refractivity contribution in [2.45, 2.75) is 60.3 Å². The molecule has 2 N–H and O–H groups in total. The second-order valence-electron chi connectivity index (χ2n) is 8.61. The van der Waals surface area contributed by atoms with Crippen LogP contribution in [0, 0.1) is 17.3 Å². The topological polar surface area (TPSA) is 67.4 Å². The molecule has 1 aromatic heterocycles. The summed E-state index contributed by atoms with van der Waals surface area (Å²) >= 11 is 6.83. The lowest BCUT2D eigenvalue weighted by Crippen LogP contribution is -2.34. The lowest BCUT2D eigenvalue weighted by atomic mass is 9.72. The second-order valence-corrected chi connectivity index (χ2v) is 10.1. The molecule has 2 rings (SSSR count). The predicted molar refractivity (Wildman–Crippen MR) is 114 cm³/mol. The Balaban J connectivity index is 2.24. The zero-order valence-corrected chi connectivity index (χ0v) is 18.7. The number of anilines is 1. The van der Waals surface area contributed by atoms with E-state index < -0.39 is 0 Å². The Labute approximate surface area is 171 Å². The number of amides is 1. The Hall–Kier alpha value is -1.47. The van der Waals surface area contributed by atoms with Crippen molar-refractivity contribution in [2.75, 3.05) is 12.4 Å². The van der Waals surface area contributed by atoms with Gasteiger partial charge in [0.25, 0.3) is 0 Å². The maximum Gasteiger partial charge on any atom is 0.341 e. The molecule has 5 nitrogen and oxygen atoms in total. The van der Waals surface area contributed by atoms with Crippen LogP contribution in [0.5, 0.6) is 0 Å². The number of carbonyl (C=O) groups excluding carboxylic acids is 2. The summed E-state index contributed by atoms with van der Waals surface area (Å²) in [5.41, 5.74) is 1.84. The van der Waals surface area contributed by atoms with Crippen molar-refractivity contribution in [3.8, 4) is 0 Å². The van der Waals surface area contributed by atoms with Gasteiger partial charge in [-0.2, -0.15) is 0 Å². The molecule has 27 heavy (non-hydrogen) atoms. The maximum absolute atomic E-state index is 12.4. The minimum atomic E-state index is -0.361. The quantitative estimate of drug-likeness (QED) is 0.563. The van der Waals surface area contributed by atoms with Crippen molar-refractivity contribution in [1.29, 1.82) is 0 Å². The lowest BCUT2D eigenvalue weighted by molar-refractivity contribution is -0.120. The molecule has 1 atom stereocenters. The molecule has 1 aromatic rings. The standard InChI is InChI=1S/C20H30N2O3S2/c1-11(2)9-15(23)21-19(26)22-17-16(18(24)25-6)13-8-7-12(20(3,4)5)10-14(13)27-17/h11-12H,7-10H2,1-6H3,(H2,21,22,23,26). The Kier molecular flexibility index (Phi) is 7.03. The summed E-state index contributed by atoms with van der Waals surface area (Å²) in [6.07, 6.45) is 3.25. The number of hydrogen-bond donors (Lipinski definition) is 2. The van der Waals surface area contributed by atoms with E-state index in [1.807, 2.05) is 13.8 Å². The summed E-state index contributed by atoms with van der Waals surface area (Å²) in [5.74, 6) is 0.332. The number of carbonyl (C=O) groups is 2. The van der Waals surface area contributed by atoms with E-state index in [4.69, 9.17) is 17.0 Å². The summed E-state index contributed by atoms with van der Waals surface area (Å²) < 4.78 is 5.01. The summed E-state index contributed by atoms with van der Waals surface area (Å²) in [5, 5.41) is 6.63. The summed E-state index contributed by atoms with van der Waals surface area (Å²) in [4.78, 5) is 25.6. The molecular weight excluding hydrogens is 380 g/mol. The third kappa shape index (κ3) is 5.51. The van der Waals surface area contributed by atoms with E-state index in [0.717, 1.165) is 24.8 Å². The highest BCUT2D eigenvalue weighted by Gasteiger charge is 2.34. The Morgan fingerprint density at radius 1 is 1.33 bits per heavy atom. The monoisotopic (exact) mass is 410 g/mol. The molecule has 0 bridgehead atoms. The van der Waals surface area contributed by atoms with E-state index >= 15 is 0 Å². The van der Waals surface area contributed by atoms with Crippen molar-refractivity contribution < 1.29 is 14.3 Å². The van der Waals surface area contributed by atoms with Crippen molar-refractivity contribution >= 4 is 45.5 Å². The van der Waals surface area contributed by atoms with Crippen molar-refractivity contribution in [1.82, 2.24) is 5.32 Å². The Bertz CT molecular complexity index is 732. The molecule has 150 valence electrons. The average molecular weight is 411 g/mol. The van der Waals surface area contributed by atoms with Gasteiger partial charge in [-0.15, -0.1) is 11.3 Å². The molecule has 0 aromatic carbocycles. The number of nitrogens with one attached hydrogen (secondary N) is 2. The normalized spacial score (nSPS) is 16.6. The van der Waals surface area contributed by atoms with Crippen LogP contribution in [0.2, 0.25) is 0 Å². The number of methoxy groups -OCH3 is 1. The Morgan fingerprint density at radius 3 is 2.56 bits per heavy atom. The number of rotatable bonds is 4. The zero-order valence-electron chi connectivity index (χ0n) is 17.0. The lowest BCUT2D eigenvalue weighted by Gasteiger charge is -2.33. The fraction of sp³-hybridized carbons (Fsp3) is 0.650. The largest absolute Gasteiger partial charge is 0.465 e. The molecule has 0 saturated carbocycles. The van der Waals surface area contributed by atoms with Gasteiger partial charge >= 0.3 is 5.97 Å². The van der Waals surface area contributed by atoms with Gasteiger partial charge < -0.3 is 15.4 Å². The van der Waals surface area contributed by atoms with Crippen LogP contribution in [0.1, 0.15) is 68.3 Å². The van der Waals surface area contributed by atoms with Crippen LogP contribution >= 0.6 is 23.6 Å². The molecular formula is C20H30N2O3S2. The molecule has 1 aliphatic rings. The van der Waals surface area contributed by atoms with Gasteiger partial charge in [-0.05, 0) is 54.3 Å². The molecule has 0 spiro atoms. The first kappa shape index (κ1) is 21.8. The first-order chi connectivity index (χ1) is 12.5. The molecule has 1 amide bonds. The smallest absolute Gasteiger partial charge is 0.341 e. The highest BCUT2D eigenvalue weighted by molar-refractivity contribution is 7.80. The van der Waals surface area contributed by atoms with Crippen molar-refractivity contribution in [2.24, 2.45) is 17.3 Å². The number of hydrogen-bond acceptors (Lipinski definition) is 5. The highest BCUT2D eigenvalue weighted by Crippen LogP contribution is 2.44. The molecule has 0 fully saturated rings. The van der Waals surface area contributed by atoms with Gasteiger partial charge in [0.15, 0.2) is 5.11 Å². The van der Waals surface area contributed by atoms with E-state index in [2.05, 4.69) is 31.4 Å². The minimum Gasteiger partial charge on any atom is -0.465 e.